The highest BCUT2D eigenvalue weighted by atomic mass is 16.6. The molecule has 1 heterocycles. The van der Waals surface area contributed by atoms with Gasteiger partial charge in [0.1, 0.15) is 0 Å². The van der Waals surface area contributed by atoms with Crippen molar-refractivity contribution in [2.45, 2.75) is 109 Å². The summed E-state index contributed by atoms with van der Waals surface area (Å²) in [5, 5.41) is 0. The topological polar surface area (TPSA) is 38.5 Å². The van der Waals surface area contributed by atoms with Crippen LogP contribution in [0, 0.1) is 0 Å². The van der Waals surface area contributed by atoms with E-state index in [0.717, 1.165) is 6.54 Å². The van der Waals surface area contributed by atoms with E-state index in [2.05, 4.69) is 6.92 Å². The second-order valence-corrected chi connectivity index (χ2v) is 6.47. The first-order valence-electron chi connectivity index (χ1n) is 9.24. The van der Waals surface area contributed by atoms with Crippen LogP contribution in [0.25, 0.3) is 0 Å². The van der Waals surface area contributed by atoms with Crippen molar-refractivity contribution < 1.29 is 4.74 Å². The third-order valence-electron chi connectivity index (χ3n) is 4.47. The number of rotatable bonds is 15. The van der Waals surface area contributed by atoms with Crippen molar-refractivity contribution in [3.63, 3.8) is 0 Å². The molecule has 0 amide bonds. The highest BCUT2D eigenvalue weighted by Gasteiger charge is 2.36. The molecule has 0 saturated carbocycles. The van der Waals surface area contributed by atoms with Crippen molar-refractivity contribution >= 4 is 0 Å². The minimum atomic E-state index is 0.620. The van der Waals surface area contributed by atoms with E-state index in [4.69, 9.17) is 10.5 Å². The predicted octanol–water partition coefficient (Wildman–Crippen LogP) is 5.19. The van der Waals surface area contributed by atoms with Crippen molar-refractivity contribution in [2.24, 2.45) is 5.73 Å². The number of hydrogen-bond acceptors (Lipinski definition) is 2. The second-order valence-electron chi connectivity index (χ2n) is 6.47. The van der Waals surface area contributed by atoms with E-state index in [9.17, 15) is 0 Å². The Morgan fingerprint density at radius 1 is 0.650 bits per heavy atom. The summed E-state index contributed by atoms with van der Waals surface area (Å²) in [5.74, 6) is 0. The maximum atomic E-state index is 5.77. The lowest BCUT2D eigenvalue weighted by Gasteiger charge is -2.00. The molecule has 0 aromatic rings. The summed E-state index contributed by atoms with van der Waals surface area (Å²) in [7, 11) is 0. The lowest BCUT2D eigenvalue weighted by molar-refractivity contribution is 0.347. The molecule has 0 spiro atoms. The first-order valence-corrected chi connectivity index (χ1v) is 9.24. The van der Waals surface area contributed by atoms with Crippen LogP contribution in [-0.2, 0) is 4.74 Å². The van der Waals surface area contributed by atoms with Crippen molar-refractivity contribution in [1.29, 1.82) is 0 Å². The molecule has 0 bridgehead atoms. The number of nitrogens with two attached hydrogens (primary N) is 1. The van der Waals surface area contributed by atoms with Crippen LogP contribution in [0.3, 0.4) is 0 Å². The van der Waals surface area contributed by atoms with E-state index in [0.29, 0.717) is 12.2 Å². The van der Waals surface area contributed by atoms with Crippen LogP contribution in [0.4, 0.5) is 0 Å². The van der Waals surface area contributed by atoms with Gasteiger partial charge in [0.2, 0.25) is 0 Å². The zero-order valence-electron chi connectivity index (χ0n) is 13.7. The smallest absolute Gasteiger partial charge is 0.0841 e. The number of unbranched alkanes of at least 4 members (excludes halogenated alkanes) is 10. The fourth-order valence-corrected chi connectivity index (χ4v) is 3.01. The molecule has 20 heavy (non-hydrogen) atoms. The Kier molecular flexibility index (Phi) is 11.4. The molecule has 120 valence electrons. The summed E-state index contributed by atoms with van der Waals surface area (Å²) in [6.07, 6.45) is 20.3. The molecule has 2 atom stereocenters. The summed E-state index contributed by atoms with van der Waals surface area (Å²) >= 11 is 0. The van der Waals surface area contributed by atoms with Gasteiger partial charge in [-0.05, 0) is 25.8 Å². The Hall–Kier alpha value is -0.0800. The standard InChI is InChI=1S/C18H37NO/c1-2-3-4-5-8-11-14-17-18(20-17)15-12-9-6-7-10-13-16-19/h17-18H,2-16,19H2,1H3/t17-,18+/m0/s1. The molecule has 0 aromatic carbocycles. The van der Waals surface area contributed by atoms with Gasteiger partial charge in [-0.15, -0.1) is 0 Å². The maximum Gasteiger partial charge on any atom is 0.0841 e. The molecule has 1 aliphatic rings. The van der Waals surface area contributed by atoms with Crippen LogP contribution < -0.4 is 5.73 Å². The fraction of sp³-hybridized carbons (Fsp3) is 1.00. The van der Waals surface area contributed by atoms with E-state index in [-0.39, 0.29) is 0 Å². The number of ether oxygens (including phenoxy) is 1. The summed E-state index contributed by atoms with van der Waals surface area (Å²) in [6, 6.07) is 0. The molecule has 1 aliphatic heterocycles. The molecule has 0 radical (unpaired) electrons. The lowest BCUT2D eigenvalue weighted by Crippen LogP contribution is -1.97. The van der Waals surface area contributed by atoms with Crippen molar-refractivity contribution in [2.75, 3.05) is 6.54 Å². The van der Waals surface area contributed by atoms with E-state index in [1.165, 1.54) is 89.9 Å². The third-order valence-corrected chi connectivity index (χ3v) is 4.47. The quantitative estimate of drug-likeness (QED) is 0.331. The van der Waals surface area contributed by atoms with Crippen LogP contribution in [0.15, 0.2) is 0 Å². The van der Waals surface area contributed by atoms with Gasteiger partial charge in [-0.25, -0.2) is 0 Å². The van der Waals surface area contributed by atoms with Crippen LogP contribution in [0.5, 0.6) is 0 Å². The summed E-state index contributed by atoms with van der Waals surface area (Å²) < 4.78 is 5.77. The predicted molar refractivity (Wildman–Crippen MR) is 88.0 cm³/mol. The van der Waals surface area contributed by atoms with E-state index in [1.807, 2.05) is 0 Å². The zero-order valence-corrected chi connectivity index (χ0v) is 13.7. The summed E-state index contributed by atoms with van der Waals surface area (Å²) in [6.45, 7) is 3.14. The largest absolute Gasteiger partial charge is 0.370 e. The van der Waals surface area contributed by atoms with Gasteiger partial charge in [0, 0.05) is 0 Å². The fourth-order valence-electron chi connectivity index (χ4n) is 3.01. The Bertz CT molecular complexity index is 208. The van der Waals surface area contributed by atoms with Crippen molar-refractivity contribution in [3.8, 4) is 0 Å². The average Bonchev–Trinajstić information content (AvgIpc) is 3.20. The SMILES string of the molecule is CCCCCCCC[C@@H]1O[C@@H]1CCCCCCCCN. The molecule has 2 heteroatoms. The molecule has 2 N–H and O–H groups in total. The Labute approximate surface area is 126 Å². The molecule has 2 nitrogen and oxygen atoms in total. The first-order chi connectivity index (χ1) is 9.88. The monoisotopic (exact) mass is 283 g/mol. The molecular weight excluding hydrogens is 246 g/mol. The Morgan fingerprint density at radius 2 is 1.10 bits per heavy atom. The molecular formula is C18H37NO. The Morgan fingerprint density at radius 3 is 1.60 bits per heavy atom. The van der Waals surface area contributed by atoms with Gasteiger partial charge in [0.15, 0.2) is 0 Å². The molecule has 0 unspecified atom stereocenters. The molecule has 1 rings (SSSR count). The van der Waals surface area contributed by atoms with Crippen molar-refractivity contribution in [1.82, 2.24) is 0 Å². The second kappa shape index (κ2) is 12.6. The van der Waals surface area contributed by atoms with Crippen LogP contribution in [0.1, 0.15) is 96.8 Å². The van der Waals surface area contributed by atoms with E-state index in [1.54, 1.807) is 0 Å². The average molecular weight is 283 g/mol. The minimum Gasteiger partial charge on any atom is -0.370 e. The van der Waals surface area contributed by atoms with Gasteiger partial charge in [-0.3, -0.25) is 0 Å². The van der Waals surface area contributed by atoms with Crippen LogP contribution in [0.2, 0.25) is 0 Å². The van der Waals surface area contributed by atoms with Gasteiger partial charge in [0.25, 0.3) is 0 Å². The zero-order chi connectivity index (χ0) is 14.5. The maximum absolute atomic E-state index is 5.77. The molecule has 0 aliphatic carbocycles. The van der Waals surface area contributed by atoms with Crippen LogP contribution >= 0.6 is 0 Å². The normalized spacial score (nSPS) is 21.3. The van der Waals surface area contributed by atoms with Gasteiger partial charge in [0.05, 0.1) is 12.2 Å². The summed E-state index contributed by atoms with van der Waals surface area (Å²) in [5.41, 5.74) is 5.49. The summed E-state index contributed by atoms with van der Waals surface area (Å²) in [4.78, 5) is 0. The minimum absolute atomic E-state index is 0.620. The highest BCUT2D eigenvalue weighted by molar-refractivity contribution is 4.84. The Balaban J connectivity index is 1.75. The van der Waals surface area contributed by atoms with Gasteiger partial charge >= 0.3 is 0 Å². The van der Waals surface area contributed by atoms with E-state index >= 15 is 0 Å². The van der Waals surface area contributed by atoms with Gasteiger partial charge < -0.3 is 10.5 Å². The molecule has 0 aromatic heterocycles. The lowest BCUT2D eigenvalue weighted by atomic mass is 10.0. The van der Waals surface area contributed by atoms with Crippen molar-refractivity contribution in [3.05, 3.63) is 0 Å². The molecule has 1 fully saturated rings. The van der Waals surface area contributed by atoms with E-state index < -0.39 is 0 Å². The van der Waals surface area contributed by atoms with Crippen LogP contribution in [-0.4, -0.2) is 18.8 Å². The number of epoxide rings is 1. The van der Waals surface area contributed by atoms with Gasteiger partial charge in [-0.2, -0.15) is 0 Å². The molecule has 1 saturated heterocycles. The van der Waals surface area contributed by atoms with Gasteiger partial charge in [-0.1, -0.05) is 77.6 Å². The first kappa shape index (κ1) is 18.0. The third kappa shape index (κ3) is 9.77. The number of hydrogen-bond donors (Lipinski definition) is 1. The highest BCUT2D eigenvalue weighted by Crippen LogP contribution is 2.31.